The lowest BCUT2D eigenvalue weighted by Gasteiger charge is -2.18. The number of phosphoric acid groups is 1. The first-order valence-electron chi connectivity index (χ1n) is 19.5. The van der Waals surface area contributed by atoms with E-state index >= 15 is 0 Å². The van der Waals surface area contributed by atoms with Gasteiger partial charge >= 0.3 is 19.8 Å². The van der Waals surface area contributed by atoms with Crippen molar-refractivity contribution in [2.24, 2.45) is 0 Å². The molecule has 0 heterocycles. The van der Waals surface area contributed by atoms with E-state index in [9.17, 15) is 14.2 Å². The van der Waals surface area contributed by atoms with Crippen molar-refractivity contribution < 1.29 is 37.9 Å². The van der Waals surface area contributed by atoms with E-state index in [-0.39, 0.29) is 19.4 Å². The van der Waals surface area contributed by atoms with Gasteiger partial charge in [-0.25, -0.2) is 4.57 Å². The van der Waals surface area contributed by atoms with Gasteiger partial charge < -0.3 is 19.3 Å². The van der Waals surface area contributed by atoms with Gasteiger partial charge in [-0.15, -0.1) is 0 Å². The van der Waals surface area contributed by atoms with Crippen LogP contribution in [0.1, 0.15) is 200 Å². The van der Waals surface area contributed by atoms with Gasteiger partial charge in [0.15, 0.2) is 6.10 Å². The molecule has 0 aromatic rings. The Kier molecular flexibility index (Phi) is 33.8. The zero-order chi connectivity index (χ0) is 34.7. The zero-order valence-corrected chi connectivity index (χ0v) is 31.3. The summed E-state index contributed by atoms with van der Waals surface area (Å²) in [4.78, 5) is 42.6. The molecule has 0 unspecified atom stereocenters. The van der Waals surface area contributed by atoms with Crippen LogP contribution >= 0.6 is 7.82 Å². The Morgan fingerprint density at radius 3 is 1.30 bits per heavy atom. The summed E-state index contributed by atoms with van der Waals surface area (Å²) in [5, 5.41) is 0. The van der Waals surface area contributed by atoms with Crippen LogP contribution in [0.3, 0.4) is 0 Å². The zero-order valence-electron chi connectivity index (χ0n) is 30.4. The monoisotopic (exact) mass is 689 g/mol. The lowest BCUT2D eigenvalue weighted by molar-refractivity contribution is -0.161. The molecule has 0 aromatic carbocycles. The topological polar surface area (TPSA) is 119 Å². The van der Waals surface area contributed by atoms with Gasteiger partial charge in [0.1, 0.15) is 6.61 Å². The molecule has 0 aromatic heterocycles. The van der Waals surface area contributed by atoms with E-state index in [0.717, 1.165) is 38.5 Å². The molecule has 0 amide bonds. The van der Waals surface area contributed by atoms with E-state index in [1.54, 1.807) is 0 Å². The summed E-state index contributed by atoms with van der Waals surface area (Å²) in [6.07, 6.45) is 36.5. The molecule has 47 heavy (non-hydrogen) atoms. The SMILES string of the molecule is CCCCCCCC/C=C/CCCCCCCCCCCC(=O)O[C@H](COC(=O)CCCCCCCCCCCC)COP(=O)(O)O. The molecule has 9 heteroatoms. The smallest absolute Gasteiger partial charge is 0.462 e. The van der Waals surface area contributed by atoms with Crippen molar-refractivity contribution in [2.45, 2.75) is 206 Å². The Balaban J connectivity index is 3.89. The lowest BCUT2D eigenvalue weighted by atomic mass is 10.1. The van der Waals surface area contributed by atoms with Crippen LogP contribution in [-0.2, 0) is 28.2 Å². The van der Waals surface area contributed by atoms with Gasteiger partial charge in [-0.1, -0.05) is 161 Å². The predicted octanol–water partition coefficient (Wildman–Crippen LogP) is 11.5. The molecular formula is C38H73O8P. The highest BCUT2D eigenvalue weighted by atomic mass is 31.2. The molecule has 278 valence electrons. The highest BCUT2D eigenvalue weighted by Gasteiger charge is 2.22. The van der Waals surface area contributed by atoms with Crippen LogP contribution in [0.15, 0.2) is 12.2 Å². The van der Waals surface area contributed by atoms with Crippen molar-refractivity contribution in [1.82, 2.24) is 0 Å². The number of hydrogen-bond donors (Lipinski definition) is 2. The molecule has 0 spiro atoms. The molecule has 0 aliphatic carbocycles. The molecule has 0 radical (unpaired) electrons. The number of phosphoric ester groups is 1. The van der Waals surface area contributed by atoms with E-state index < -0.39 is 32.5 Å². The van der Waals surface area contributed by atoms with E-state index in [1.807, 2.05) is 0 Å². The van der Waals surface area contributed by atoms with Gasteiger partial charge in [0.2, 0.25) is 0 Å². The molecule has 2 N–H and O–H groups in total. The summed E-state index contributed by atoms with van der Waals surface area (Å²) in [6.45, 7) is 3.67. The van der Waals surface area contributed by atoms with Crippen LogP contribution in [0.4, 0.5) is 0 Å². The average Bonchev–Trinajstić information content (AvgIpc) is 3.04. The summed E-state index contributed by atoms with van der Waals surface area (Å²) in [7, 11) is -4.74. The van der Waals surface area contributed by atoms with Gasteiger partial charge in [0.05, 0.1) is 6.61 Å². The highest BCUT2D eigenvalue weighted by Crippen LogP contribution is 2.36. The molecule has 0 aliphatic rings. The Morgan fingerprint density at radius 1 is 0.532 bits per heavy atom. The van der Waals surface area contributed by atoms with E-state index in [4.69, 9.17) is 19.3 Å². The number of esters is 2. The molecule has 0 bridgehead atoms. The van der Waals surface area contributed by atoms with Crippen LogP contribution in [0.5, 0.6) is 0 Å². The summed E-state index contributed by atoms with van der Waals surface area (Å²) in [5.74, 6) is -0.881. The maximum Gasteiger partial charge on any atom is 0.469 e. The minimum Gasteiger partial charge on any atom is -0.462 e. The van der Waals surface area contributed by atoms with Gasteiger partial charge in [0, 0.05) is 12.8 Å². The summed E-state index contributed by atoms with van der Waals surface area (Å²) < 4.78 is 26.3. The number of hydrogen-bond acceptors (Lipinski definition) is 6. The highest BCUT2D eigenvalue weighted by molar-refractivity contribution is 7.46. The predicted molar refractivity (Wildman–Crippen MR) is 193 cm³/mol. The molecule has 0 rings (SSSR count). The van der Waals surface area contributed by atoms with Crippen molar-refractivity contribution in [3.63, 3.8) is 0 Å². The minimum absolute atomic E-state index is 0.214. The fraction of sp³-hybridized carbons (Fsp3) is 0.895. The maximum absolute atomic E-state index is 12.4. The number of carbonyl (C=O) groups is 2. The van der Waals surface area contributed by atoms with Gasteiger partial charge in [0.25, 0.3) is 0 Å². The van der Waals surface area contributed by atoms with Crippen LogP contribution in [0, 0.1) is 0 Å². The third-order valence-electron chi connectivity index (χ3n) is 8.53. The van der Waals surface area contributed by atoms with E-state index in [1.165, 1.54) is 128 Å². The first-order chi connectivity index (χ1) is 22.8. The molecular weight excluding hydrogens is 615 g/mol. The number of carbonyl (C=O) groups excluding carboxylic acids is 2. The molecule has 0 saturated carbocycles. The summed E-state index contributed by atoms with van der Waals surface area (Å²) in [6, 6.07) is 0. The Hall–Kier alpha value is -1.21. The third-order valence-corrected chi connectivity index (χ3v) is 9.02. The molecule has 1 atom stereocenters. The third kappa shape index (κ3) is 37.5. The van der Waals surface area contributed by atoms with Crippen LogP contribution in [-0.4, -0.2) is 41.0 Å². The number of unbranched alkanes of at least 4 members (excludes halogenated alkanes) is 24. The second-order valence-electron chi connectivity index (χ2n) is 13.3. The number of rotatable bonds is 36. The number of ether oxygens (including phenoxy) is 2. The van der Waals surface area contributed by atoms with Crippen LogP contribution < -0.4 is 0 Å². The molecule has 8 nitrogen and oxygen atoms in total. The molecule has 0 fully saturated rings. The fourth-order valence-electron chi connectivity index (χ4n) is 5.60. The first-order valence-corrected chi connectivity index (χ1v) is 21.0. The minimum atomic E-state index is -4.74. The van der Waals surface area contributed by atoms with Crippen molar-refractivity contribution in [1.29, 1.82) is 0 Å². The largest absolute Gasteiger partial charge is 0.469 e. The standard InChI is InChI=1S/C38H73O8P/c1-3-5-7-9-11-13-15-16-17-18-19-20-21-22-23-25-27-29-31-33-38(40)46-36(35-45-47(41,42)43)34-44-37(39)32-30-28-26-24-14-12-10-8-6-4-2/h16-17,36H,3-15,18-35H2,1-2H3,(H2,41,42,43)/b17-16+/t36-/m1/s1. The second-order valence-corrected chi connectivity index (χ2v) is 14.5. The summed E-state index contributed by atoms with van der Waals surface area (Å²) in [5.41, 5.74) is 0. The van der Waals surface area contributed by atoms with Crippen molar-refractivity contribution in [2.75, 3.05) is 13.2 Å². The molecule has 0 saturated heterocycles. The number of allylic oxidation sites excluding steroid dienone is 2. The maximum atomic E-state index is 12.4. The van der Waals surface area contributed by atoms with Gasteiger partial charge in [-0.3, -0.25) is 14.1 Å². The second kappa shape index (κ2) is 34.6. The summed E-state index contributed by atoms with van der Waals surface area (Å²) >= 11 is 0. The van der Waals surface area contributed by atoms with Crippen molar-refractivity contribution in [3.8, 4) is 0 Å². The first kappa shape index (κ1) is 45.8. The normalized spacial score (nSPS) is 12.5. The lowest BCUT2D eigenvalue weighted by Crippen LogP contribution is -2.29. The van der Waals surface area contributed by atoms with E-state index in [2.05, 4.69) is 30.5 Å². The Bertz CT molecular complexity index is 782. The van der Waals surface area contributed by atoms with Gasteiger partial charge in [-0.2, -0.15) is 0 Å². The quantitative estimate of drug-likeness (QED) is 0.0289. The van der Waals surface area contributed by atoms with Crippen LogP contribution in [0.25, 0.3) is 0 Å². The Morgan fingerprint density at radius 2 is 0.894 bits per heavy atom. The Labute approximate surface area is 288 Å². The van der Waals surface area contributed by atoms with E-state index in [0.29, 0.717) is 6.42 Å². The van der Waals surface area contributed by atoms with Crippen molar-refractivity contribution in [3.05, 3.63) is 12.2 Å². The van der Waals surface area contributed by atoms with Gasteiger partial charge in [-0.05, 0) is 38.5 Å². The fourth-order valence-corrected chi connectivity index (χ4v) is 5.96. The van der Waals surface area contributed by atoms with Crippen molar-refractivity contribution >= 4 is 19.8 Å². The average molecular weight is 689 g/mol. The molecule has 0 aliphatic heterocycles. The van der Waals surface area contributed by atoms with Crippen LogP contribution in [0.2, 0.25) is 0 Å².